The summed E-state index contributed by atoms with van der Waals surface area (Å²) in [6.07, 6.45) is 9.83. The highest BCUT2D eigenvalue weighted by Gasteiger charge is 2.00. The summed E-state index contributed by atoms with van der Waals surface area (Å²) in [7, 11) is 0. The van der Waals surface area contributed by atoms with E-state index in [1.54, 1.807) is 0 Å². The predicted octanol–water partition coefficient (Wildman–Crippen LogP) is 2.51. The molecule has 0 aromatic rings. The Morgan fingerprint density at radius 3 is 2.75 bits per heavy atom. The van der Waals surface area contributed by atoms with E-state index in [4.69, 9.17) is 0 Å². The van der Waals surface area contributed by atoms with Gasteiger partial charge >= 0.3 is 0 Å². The van der Waals surface area contributed by atoms with Gasteiger partial charge in [0.1, 0.15) is 0 Å². The number of allylic oxidation sites excluding steroid dienone is 4. The zero-order chi connectivity index (χ0) is 5.82. The van der Waals surface area contributed by atoms with E-state index in [-0.39, 0.29) is 0 Å². The summed E-state index contributed by atoms with van der Waals surface area (Å²) in [5.41, 5.74) is 0. The number of alkyl halides is 1. The van der Waals surface area contributed by atoms with E-state index >= 15 is 0 Å². The first-order chi connectivity index (χ1) is 3.93. The molecule has 0 N–H and O–H groups in total. The quantitative estimate of drug-likeness (QED) is 0.534. The van der Waals surface area contributed by atoms with Gasteiger partial charge in [0.25, 0.3) is 0 Å². The van der Waals surface area contributed by atoms with Gasteiger partial charge in [-0.3, -0.25) is 0 Å². The minimum absolute atomic E-state index is 0.736. The van der Waals surface area contributed by atoms with Gasteiger partial charge in [-0.15, -0.1) is 0 Å². The Labute approximate surface area is 58.4 Å². The van der Waals surface area contributed by atoms with Crippen molar-refractivity contribution in [3.63, 3.8) is 0 Å². The fourth-order valence-corrected chi connectivity index (χ4v) is 1.23. The molecule has 1 atom stereocenters. The van der Waals surface area contributed by atoms with Crippen LogP contribution in [0.1, 0.15) is 6.42 Å². The summed E-state index contributed by atoms with van der Waals surface area (Å²) >= 11 is 3.43. The fraction of sp³-hybridized carbons (Fsp3) is 0.429. The largest absolute Gasteiger partial charge is 0.0922 e. The normalized spacial score (nSPS) is 26.4. The van der Waals surface area contributed by atoms with Crippen molar-refractivity contribution in [1.29, 1.82) is 0 Å². The van der Waals surface area contributed by atoms with Crippen molar-refractivity contribution in [2.24, 2.45) is 5.92 Å². The third-order valence-electron chi connectivity index (χ3n) is 1.27. The molecule has 0 amide bonds. The molecule has 0 aliphatic heterocycles. The van der Waals surface area contributed by atoms with E-state index in [2.05, 4.69) is 40.2 Å². The fourth-order valence-electron chi connectivity index (χ4n) is 0.746. The summed E-state index contributed by atoms with van der Waals surface area (Å²) in [6, 6.07) is 0. The van der Waals surface area contributed by atoms with E-state index in [0.717, 1.165) is 11.2 Å². The van der Waals surface area contributed by atoms with E-state index in [0.29, 0.717) is 0 Å². The first-order valence-corrected chi connectivity index (χ1v) is 3.95. The molecule has 1 rings (SSSR count). The Hall–Kier alpha value is -0.0400. The molecule has 0 fully saturated rings. The lowest BCUT2D eigenvalue weighted by molar-refractivity contribution is 0.755. The Bertz CT molecular complexity index is 114. The van der Waals surface area contributed by atoms with Crippen LogP contribution in [0.15, 0.2) is 24.3 Å². The Balaban J connectivity index is 2.40. The molecule has 0 nitrogen and oxygen atoms in total. The average molecular weight is 173 g/mol. The van der Waals surface area contributed by atoms with Crippen LogP contribution in [-0.2, 0) is 0 Å². The zero-order valence-electron chi connectivity index (χ0n) is 4.68. The smallest absolute Gasteiger partial charge is 0.00973 e. The van der Waals surface area contributed by atoms with Gasteiger partial charge in [-0.25, -0.2) is 0 Å². The van der Waals surface area contributed by atoms with Crippen molar-refractivity contribution in [2.45, 2.75) is 6.42 Å². The van der Waals surface area contributed by atoms with Crippen molar-refractivity contribution in [3.8, 4) is 0 Å². The molecule has 0 unspecified atom stereocenters. The number of hydrogen-bond acceptors (Lipinski definition) is 0. The second-order valence-corrected chi connectivity index (χ2v) is 2.61. The molecule has 0 saturated carbocycles. The van der Waals surface area contributed by atoms with E-state index in [1.165, 1.54) is 6.42 Å². The highest BCUT2D eigenvalue weighted by Crippen LogP contribution is 2.12. The minimum Gasteiger partial charge on any atom is -0.0922 e. The van der Waals surface area contributed by atoms with Gasteiger partial charge in [-0.1, -0.05) is 40.2 Å². The third-order valence-corrected chi connectivity index (χ3v) is 2.10. The third kappa shape index (κ3) is 1.48. The Kier molecular flexibility index (Phi) is 2.34. The molecule has 8 heavy (non-hydrogen) atoms. The summed E-state index contributed by atoms with van der Waals surface area (Å²) in [5, 5.41) is 1.09. The Morgan fingerprint density at radius 2 is 2.38 bits per heavy atom. The summed E-state index contributed by atoms with van der Waals surface area (Å²) in [4.78, 5) is 0. The van der Waals surface area contributed by atoms with Gasteiger partial charge in [0.2, 0.25) is 0 Å². The molecule has 0 aromatic carbocycles. The summed E-state index contributed by atoms with van der Waals surface area (Å²) in [6.45, 7) is 0. The van der Waals surface area contributed by atoms with Crippen LogP contribution in [-0.4, -0.2) is 5.33 Å². The highest BCUT2D eigenvalue weighted by molar-refractivity contribution is 9.09. The summed E-state index contributed by atoms with van der Waals surface area (Å²) < 4.78 is 0. The lowest BCUT2D eigenvalue weighted by Gasteiger charge is -2.06. The molecule has 0 bridgehead atoms. The first-order valence-electron chi connectivity index (χ1n) is 2.83. The van der Waals surface area contributed by atoms with Crippen LogP contribution in [0.4, 0.5) is 0 Å². The minimum atomic E-state index is 0.736. The molecule has 1 heteroatoms. The molecule has 1 aliphatic carbocycles. The summed E-state index contributed by atoms with van der Waals surface area (Å²) in [5.74, 6) is 0.736. The van der Waals surface area contributed by atoms with E-state index in [9.17, 15) is 0 Å². The number of rotatable bonds is 1. The monoisotopic (exact) mass is 172 g/mol. The topological polar surface area (TPSA) is 0 Å². The van der Waals surface area contributed by atoms with Crippen molar-refractivity contribution in [2.75, 3.05) is 5.33 Å². The van der Waals surface area contributed by atoms with Gasteiger partial charge < -0.3 is 0 Å². The van der Waals surface area contributed by atoms with Crippen molar-refractivity contribution in [1.82, 2.24) is 0 Å². The first kappa shape index (κ1) is 6.09. The number of hydrogen-bond donors (Lipinski definition) is 0. The highest BCUT2D eigenvalue weighted by atomic mass is 79.9. The van der Waals surface area contributed by atoms with Crippen LogP contribution in [0.3, 0.4) is 0 Å². The standard InChI is InChI=1S/C7H9Br/c8-6-7-4-2-1-3-5-7/h1-4,7H,5-6H2/t7-/m1/s1. The lowest BCUT2D eigenvalue weighted by atomic mass is 10.0. The zero-order valence-corrected chi connectivity index (χ0v) is 6.26. The molecule has 0 saturated heterocycles. The van der Waals surface area contributed by atoms with Gasteiger partial charge in [0, 0.05) is 5.33 Å². The van der Waals surface area contributed by atoms with Gasteiger partial charge in [-0.2, -0.15) is 0 Å². The van der Waals surface area contributed by atoms with Crippen molar-refractivity contribution >= 4 is 15.9 Å². The van der Waals surface area contributed by atoms with Gasteiger partial charge in [0.05, 0.1) is 0 Å². The van der Waals surface area contributed by atoms with Crippen molar-refractivity contribution < 1.29 is 0 Å². The van der Waals surface area contributed by atoms with Crippen LogP contribution >= 0.6 is 15.9 Å². The molecular weight excluding hydrogens is 164 g/mol. The molecule has 44 valence electrons. The molecule has 1 aliphatic rings. The van der Waals surface area contributed by atoms with E-state index < -0.39 is 0 Å². The molecule has 0 radical (unpaired) electrons. The second kappa shape index (κ2) is 3.08. The average Bonchev–Trinajstić information content (AvgIpc) is 1.90. The van der Waals surface area contributed by atoms with Crippen LogP contribution < -0.4 is 0 Å². The Morgan fingerprint density at radius 1 is 1.50 bits per heavy atom. The van der Waals surface area contributed by atoms with Gasteiger partial charge in [-0.05, 0) is 12.3 Å². The lowest BCUT2D eigenvalue weighted by Crippen LogP contribution is -1.96. The maximum atomic E-state index is 3.43. The van der Waals surface area contributed by atoms with Gasteiger partial charge in [0.15, 0.2) is 0 Å². The van der Waals surface area contributed by atoms with Crippen LogP contribution in [0.25, 0.3) is 0 Å². The maximum absolute atomic E-state index is 3.43. The molecule has 0 heterocycles. The SMILES string of the molecule is BrC[C@@H]1C=CC=CC1. The predicted molar refractivity (Wildman–Crippen MR) is 40.2 cm³/mol. The van der Waals surface area contributed by atoms with Crippen molar-refractivity contribution in [3.05, 3.63) is 24.3 Å². The maximum Gasteiger partial charge on any atom is 0.00973 e. The van der Waals surface area contributed by atoms with E-state index in [1.807, 2.05) is 0 Å². The second-order valence-electron chi connectivity index (χ2n) is 1.96. The number of halogens is 1. The molecule has 0 aromatic heterocycles. The molecular formula is C7H9Br. The van der Waals surface area contributed by atoms with Crippen LogP contribution in [0, 0.1) is 5.92 Å². The van der Waals surface area contributed by atoms with Crippen LogP contribution in [0.5, 0.6) is 0 Å². The van der Waals surface area contributed by atoms with Crippen LogP contribution in [0.2, 0.25) is 0 Å². The molecule has 0 spiro atoms.